The fourth-order valence-electron chi connectivity index (χ4n) is 5.79. The summed E-state index contributed by atoms with van der Waals surface area (Å²) < 4.78 is 19.7. The number of imidazole rings is 2. The fraction of sp³-hybridized carbons (Fsp3) is 0.732. The van der Waals surface area contributed by atoms with Gasteiger partial charge in [-0.2, -0.15) is 0 Å². The molecule has 0 saturated heterocycles. The standard InChI is InChI=1S/C41H69N7O8/c1-11-12-13-14-15-16-17-18-20-42-26-33-44-22-25-46(33)27-34(49)47(29-36(51)54-39(2,3)4)23-19-32-43-21-24-45(32)28-35(50)48(30-37(52)55-40(5,6)7)31-38(53)56-41(8,9)10/h21-22,24-25,42H,11-20,23,26-31H2,1-10H3. The molecule has 0 spiro atoms. The van der Waals surface area contributed by atoms with Gasteiger partial charge in [0.25, 0.3) is 0 Å². The minimum absolute atomic E-state index is 0.0329. The zero-order valence-corrected chi connectivity index (χ0v) is 35.8. The number of amides is 2. The molecular weight excluding hydrogens is 718 g/mol. The quantitative estimate of drug-likeness (QED) is 0.0841. The van der Waals surface area contributed by atoms with Crippen molar-refractivity contribution in [1.29, 1.82) is 0 Å². The largest absolute Gasteiger partial charge is 0.459 e. The highest BCUT2D eigenvalue weighted by Gasteiger charge is 2.28. The minimum atomic E-state index is -0.791. The molecule has 0 unspecified atom stereocenters. The van der Waals surface area contributed by atoms with E-state index in [0.717, 1.165) is 17.9 Å². The Labute approximate surface area is 334 Å². The number of esters is 3. The van der Waals surface area contributed by atoms with Crippen molar-refractivity contribution in [1.82, 2.24) is 34.2 Å². The molecule has 0 fully saturated rings. The third-order valence-electron chi connectivity index (χ3n) is 8.24. The molecule has 316 valence electrons. The van der Waals surface area contributed by atoms with Crippen molar-refractivity contribution in [3.8, 4) is 0 Å². The zero-order valence-electron chi connectivity index (χ0n) is 35.8. The molecule has 2 aromatic heterocycles. The maximum atomic E-state index is 13.8. The van der Waals surface area contributed by atoms with Gasteiger partial charge < -0.3 is 38.5 Å². The number of nitrogens with zero attached hydrogens (tertiary/aromatic N) is 6. The van der Waals surface area contributed by atoms with Crippen molar-refractivity contribution >= 4 is 29.7 Å². The van der Waals surface area contributed by atoms with Gasteiger partial charge in [-0.05, 0) is 75.3 Å². The lowest BCUT2D eigenvalue weighted by Crippen LogP contribution is -2.44. The summed E-state index contributed by atoms with van der Waals surface area (Å²) in [6.07, 6.45) is 16.7. The van der Waals surface area contributed by atoms with Gasteiger partial charge in [-0.3, -0.25) is 24.0 Å². The Morgan fingerprint density at radius 2 is 1.02 bits per heavy atom. The molecule has 0 aromatic carbocycles. The van der Waals surface area contributed by atoms with Gasteiger partial charge in [0.05, 0.1) is 6.54 Å². The molecule has 0 saturated carbocycles. The van der Waals surface area contributed by atoms with Gasteiger partial charge in [-0.1, -0.05) is 51.9 Å². The fourth-order valence-corrected chi connectivity index (χ4v) is 5.79. The Kier molecular flexibility index (Phi) is 19.7. The second kappa shape index (κ2) is 23.1. The molecule has 15 nitrogen and oxygen atoms in total. The lowest BCUT2D eigenvalue weighted by atomic mass is 10.1. The van der Waals surface area contributed by atoms with Crippen molar-refractivity contribution < 1.29 is 38.2 Å². The molecular formula is C41H69N7O8. The number of ether oxygens (including phenoxy) is 3. The van der Waals surface area contributed by atoms with Gasteiger partial charge in [-0.25, -0.2) is 9.97 Å². The summed E-state index contributed by atoms with van der Waals surface area (Å²) in [6.45, 7) is 17.8. The number of unbranched alkanes of at least 4 members (excludes halogenated alkanes) is 7. The number of rotatable bonds is 24. The SMILES string of the molecule is CCCCCCCCCCNCc1nccn1CC(=O)N(CCc1nccn1CC(=O)N(CC(=O)OC(C)(C)C)CC(=O)OC(C)(C)C)CC(=O)OC(C)(C)C. The summed E-state index contributed by atoms with van der Waals surface area (Å²) in [5.74, 6) is -1.56. The molecule has 1 N–H and O–H groups in total. The van der Waals surface area contributed by atoms with E-state index in [-0.39, 0.29) is 38.5 Å². The summed E-state index contributed by atoms with van der Waals surface area (Å²) in [7, 11) is 0. The maximum Gasteiger partial charge on any atom is 0.326 e. The Morgan fingerprint density at radius 1 is 0.607 bits per heavy atom. The van der Waals surface area contributed by atoms with Crippen LogP contribution in [0.25, 0.3) is 0 Å². The molecule has 0 radical (unpaired) electrons. The number of aromatic nitrogens is 4. The molecule has 2 heterocycles. The summed E-state index contributed by atoms with van der Waals surface area (Å²) >= 11 is 0. The van der Waals surface area contributed by atoms with E-state index in [2.05, 4.69) is 22.2 Å². The first-order valence-electron chi connectivity index (χ1n) is 20.1. The second-order valence-corrected chi connectivity index (χ2v) is 17.2. The summed E-state index contributed by atoms with van der Waals surface area (Å²) in [5.41, 5.74) is -2.33. The number of carbonyl (C=O) groups excluding carboxylic acids is 5. The highest BCUT2D eigenvalue weighted by molar-refractivity contribution is 5.86. The van der Waals surface area contributed by atoms with Crippen molar-refractivity contribution in [2.45, 2.75) is 163 Å². The van der Waals surface area contributed by atoms with Gasteiger partial charge >= 0.3 is 17.9 Å². The first-order chi connectivity index (χ1) is 26.2. The van der Waals surface area contributed by atoms with Crippen molar-refractivity contribution in [2.75, 3.05) is 32.7 Å². The van der Waals surface area contributed by atoms with Crippen LogP contribution in [0.5, 0.6) is 0 Å². The Morgan fingerprint density at radius 3 is 1.50 bits per heavy atom. The maximum absolute atomic E-state index is 13.8. The normalized spacial score (nSPS) is 12.0. The molecule has 0 aliphatic heterocycles. The van der Waals surface area contributed by atoms with Crippen LogP contribution >= 0.6 is 0 Å². The van der Waals surface area contributed by atoms with Gasteiger partial charge in [-0.15, -0.1) is 0 Å². The van der Waals surface area contributed by atoms with E-state index in [9.17, 15) is 24.0 Å². The average Bonchev–Trinajstić information content (AvgIpc) is 3.69. The summed E-state index contributed by atoms with van der Waals surface area (Å²) in [6, 6.07) is 0. The van der Waals surface area contributed by atoms with Crippen LogP contribution in [0.2, 0.25) is 0 Å². The Hall–Kier alpha value is -4.27. The molecule has 0 aliphatic carbocycles. The van der Waals surface area contributed by atoms with Gasteiger partial charge in [0.1, 0.15) is 61.2 Å². The van der Waals surface area contributed by atoms with Crippen LogP contribution in [0.1, 0.15) is 132 Å². The van der Waals surface area contributed by atoms with E-state index in [4.69, 9.17) is 14.2 Å². The number of hydrogen-bond donors (Lipinski definition) is 1. The summed E-state index contributed by atoms with van der Waals surface area (Å²) in [4.78, 5) is 77.2. The predicted octanol–water partition coefficient (Wildman–Crippen LogP) is 5.23. The van der Waals surface area contributed by atoms with Crippen LogP contribution in [-0.2, 0) is 64.2 Å². The molecule has 56 heavy (non-hydrogen) atoms. The molecule has 15 heteroatoms. The van der Waals surface area contributed by atoms with E-state index >= 15 is 0 Å². The third kappa shape index (κ3) is 20.6. The van der Waals surface area contributed by atoms with E-state index in [1.807, 2.05) is 0 Å². The highest BCUT2D eigenvalue weighted by atomic mass is 16.6. The lowest BCUT2D eigenvalue weighted by Gasteiger charge is -2.27. The van der Waals surface area contributed by atoms with Crippen molar-refractivity contribution in [3.05, 3.63) is 36.4 Å². The van der Waals surface area contributed by atoms with Crippen molar-refractivity contribution in [3.63, 3.8) is 0 Å². The smallest absolute Gasteiger partial charge is 0.326 e. The average molecular weight is 788 g/mol. The second-order valence-electron chi connectivity index (χ2n) is 17.2. The van der Waals surface area contributed by atoms with E-state index < -0.39 is 53.7 Å². The molecule has 2 aromatic rings. The molecule has 0 bridgehead atoms. The minimum Gasteiger partial charge on any atom is -0.459 e. The van der Waals surface area contributed by atoms with Crippen LogP contribution < -0.4 is 5.32 Å². The summed E-state index contributed by atoms with van der Waals surface area (Å²) in [5, 5.41) is 3.44. The first-order valence-corrected chi connectivity index (χ1v) is 20.1. The van der Waals surface area contributed by atoms with E-state index in [1.54, 1.807) is 90.0 Å². The van der Waals surface area contributed by atoms with Crippen LogP contribution in [0.15, 0.2) is 24.8 Å². The molecule has 0 atom stereocenters. The van der Waals surface area contributed by atoms with Crippen molar-refractivity contribution in [2.24, 2.45) is 0 Å². The molecule has 0 aliphatic rings. The highest BCUT2D eigenvalue weighted by Crippen LogP contribution is 2.13. The third-order valence-corrected chi connectivity index (χ3v) is 8.24. The van der Waals surface area contributed by atoms with Gasteiger partial charge in [0, 0.05) is 37.8 Å². The van der Waals surface area contributed by atoms with Gasteiger partial charge in [0.2, 0.25) is 11.8 Å². The van der Waals surface area contributed by atoms with Crippen LogP contribution in [0.3, 0.4) is 0 Å². The zero-order chi connectivity index (χ0) is 41.9. The van der Waals surface area contributed by atoms with E-state index in [1.165, 1.54) is 56.0 Å². The molecule has 2 amide bonds. The first kappa shape index (κ1) is 47.9. The number of hydrogen-bond acceptors (Lipinski definition) is 11. The monoisotopic (exact) mass is 788 g/mol. The van der Waals surface area contributed by atoms with E-state index in [0.29, 0.717) is 18.2 Å². The van der Waals surface area contributed by atoms with Gasteiger partial charge in [0.15, 0.2) is 0 Å². The van der Waals surface area contributed by atoms with Crippen LogP contribution in [0.4, 0.5) is 0 Å². The van der Waals surface area contributed by atoms with Crippen LogP contribution in [0, 0.1) is 0 Å². The Balaban J connectivity index is 2.12. The predicted molar refractivity (Wildman–Crippen MR) is 213 cm³/mol. The van der Waals surface area contributed by atoms with Crippen LogP contribution in [-0.4, -0.2) is 108 Å². The molecule has 2 rings (SSSR count). The number of carbonyl (C=O) groups is 5. The Bertz CT molecular complexity index is 1500. The topological polar surface area (TPSA) is 167 Å². The lowest BCUT2D eigenvalue weighted by molar-refractivity contribution is -0.164. The number of nitrogens with one attached hydrogen (secondary N) is 1.